The molecule has 17 heavy (non-hydrogen) atoms. The van der Waals surface area contributed by atoms with Gasteiger partial charge in [-0.3, -0.25) is 9.59 Å². The van der Waals surface area contributed by atoms with Gasteiger partial charge in [0.25, 0.3) is 0 Å². The lowest BCUT2D eigenvalue weighted by Gasteiger charge is -2.21. The molecule has 0 amide bonds. The predicted octanol–water partition coefficient (Wildman–Crippen LogP) is 3.16. The summed E-state index contributed by atoms with van der Waals surface area (Å²) in [6.45, 7) is 3.93. The molecule has 0 aliphatic carbocycles. The second-order valence-corrected chi connectivity index (χ2v) is 4.51. The molecule has 0 aromatic carbocycles. The van der Waals surface area contributed by atoms with Crippen molar-refractivity contribution >= 4 is 11.9 Å². The molecule has 2 N–H and O–H groups in total. The molecule has 0 aliphatic rings. The van der Waals surface area contributed by atoms with E-state index in [1.54, 1.807) is 0 Å². The zero-order chi connectivity index (χ0) is 13.3. The van der Waals surface area contributed by atoms with E-state index >= 15 is 0 Å². The molecule has 0 spiro atoms. The number of hydrogen-bond acceptors (Lipinski definition) is 2. The quantitative estimate of drug-likeness (QED) is 0.579. The topological polar surface area (TPSA) is 74.6 Å². The van der Waals surface area contributed by atoms with E-state index < -0.39 is 11.9 Å². The van der Waals surface area contributed by atoms with Crippen molar-refractivity contribution < 1.29 is 19.8 Å². The van der Waals surface area contributed by atoms with Gasteiger partial charge in [0.15, 0.2) is 0 Å². The van der Waals surface area contributed by atoms with Gasteiger partial charge < -0.3 is 10.2 Å². The summed E-state index contributed by atoms with van der Waals surface area (Å²) in [5, 5.41) is 17.6. The van der Waals surface area contributed by atoms with Gasteiger partial charge >= 0.3 is 11.9 Å². The number of unbranched alkanes of at least 4 members (excludes halogenated alkanes) is 2. The first kappa shape index (κ1) is 15.9. The fourth-order valence-electron chi connectivity index (χ4n) is 2.26. The van der Waals surface area contributed by atoms with Crippen LogP contribution in [-0.4, -0.2) is 22.2 Å². The van der Waals surface area contributed by atoms with Crippen molar-refractivity contribution in [3.8, 4) is 0 Å². The fourth-order valence-corrected chi connectivity index (χ4v) is 2.26. The standard InChI is InChI=1S/C13H24O4/c1-3-10(11(4-2)13(16)17)8-6-5-7-9-12(14)15/h10-11H,3-9H2,1-2H3,(H,14,15)(H,16,17). The van der Waals surface area contributed by atoms with Crippen molar-refractivity contribution in [2.24, 2.45) is 11.8 Å². The Morgan fingerprint density at radius 3 is 2.06 bits per heavy atom. The highest BCUT2D eigenvalue weighted by atomic mass is 16.4. The molecular formula is C13H24O4. The number of carboxylic acids is 2. The monoisotopic (exact) mass is 244 g/mol. The average Bonchev–Trinajstić information content (AvgIpc) is 2.26. The zero-order valence-corrected chi connectivity index (χ0v) is 10.8. The van der Waals surface area contributed by atoms with Gasteiger partial charge in [0.2, 0.25) is 0 Å². The molecule has 4 nitrogen and oxygen atoms in total. The maximum Gasteiger partial charge on any atom is 0.306 e. The first-order chi connectivity index (χ1) is 8.02. The van der Waals surface area contributed by atoms with Crippen LogP contribution < -0.4 is 0 Å². The maximum atomic E-state index is 11.0. The summed E-state index contributed by atoms with van der Waals surface area (Å²) in [6.07, 6.45) is 5.14. The number of carbonyl (C=O) groups is 2. The molecule has 4 heteroatoms. The number of rotatable bonds is 10. The minimum atomic E-state index is -0.756. The largest absolute Gasteiger partial charge is 0.481 e. The SMILES string of the molecule is CCC(CCCCCC(=O)O)C(CC)C(=O)O. The Bertz CT molecular complexity index is 238. The summed E-state index contributed by atoms with van der Waals surface area (Å²) >= 11 is 0. The van der Waals surface area contributed by atoms with Crippen LogP contribution in [0.25, 0.3) is 0 Å². The first-order valence-corrected chi connectivity index (χ1v) is 6.47. The molecule has 0 bridgehead atoms. The first-order valence-electron chi connectivity index (χ1n) is 6.47. The Morgan fingerprint density at radius 2 is 1.65 bits per heavy atom. The minimum Gasteiger partial charge on any atom is -0.481 e. The summed E-state index contributed by atoms with van der Waals surface area (Å²) < 4.78 is 0. The van der Waals surface area contributed by atoms with Gasteiger partial charge in [-0.25, -0.2) is 0 Å². The summed E-state index contributed by atoms with van der Waals surface area (Å²) in [7, 11) is 0. The van der Waals surface area contributed by atoms with Crippen LogP contribution in [0.2, 0.25) is 0 Å². The van der Waals surface area contributed by atoms with E-state index in [9.17, 15) is 9.59 Å². The van der Waals surface area contributed by atoms with Gasteiger partial charge in [-0.05, 0) is 25.2 Å². The molecule has 0 aromatic rings. The minimum absolute atomic E-state index is 0.215. The normalized spacial score (nSPS) is 14.2. The van der Waals surface area contributed by atoms with E-state index in [2.05, 4.69) is 0 Å². The molecule has 0 aliphatic heterocycles. The summed E-state index contributed by atoms with van der Waals surface area (Å²) in [5.74, 6) is -1.49. The van der Waals surface area contributed by atoms with E-state index in [0.29, 0.717) is 12.8 Å². The van der Waals surface area contributed by atoms with E-state index in [0.717, 1.165) is 25.7 Å². The van der Waals surface area contributed by atoms with Crippen molar-refractivity contribution in [3.05, 3.63) is 0 Å². The van der Waals surface area contributed by atoms with E-state index in [1.165, 1.54) is 0 Å². The van der Waals surface area contributed by atoms with E-state index in [1.807, 2.05) is 13.8 Å². The van der Waals surface area contributed by atoms with Gasteiger partial charge in [0.1, 0.15) is 0 Å². The molecular weight excluding hydrogens is 220 g/mol. The number of carboxylic acid groups (broad SMARTS) is 2. The lowest BCUT2D eigenvalue weighted by molar-refractivity contribution is -0.144. The smallest absolute Gasteiger partial charge is 0.306 e. The average molecular weight is 244 g/mol. The molecule has 0 fully saturated rings. The fraction of sp³-hybridized carbons (Fsp3) is 0.846. The molecule has 0 aromatic heterocycles. The zero-order valence-electron chi connectivity index (χ0n) is 10.8. The Hall–Kier alpha value is -1.06. The van der Waals surface area contributed by atoms with Gasteiger partial charge in [-0.1, -0.05) is 33.1 Å². The van der Waals surface area contributed by atoms with Crippen LogP contribution >= 0.6 is 0 Å². The Balaban J connectivity index is 3.88. The second kappa shape index (κ2) is 9.02. The molecule has 0 saturated heterocycles. The Labute approximate surface area is 103 Å². The van der Waals surface area contributed by atoms with Crippen molar-refractivity contribution in [1.29, 1.82) is 0 Å². The van der Waals surface area contributed by atoms with Crippen molar-refractivity contribution in [2.45, 2.75) is 58.8 Å². The molecule has 2 unspecified atom stereocenters. The summed E-state index contributed by atoms with van der Waals surface area (Å²) in [5.41, 5.74) is 0. The van der Waals surface area contributed by atoms with Crippen molar-refractivity contribution in [2.75, 3.05) is 0 Å². The van der Waals surface area contributed by atoms with Crippen LogP contribution in [0, 0.1) is 11.8 Å². The highest BCUT2D eigenvalue weighted by Crippen LogP contribution is 2.25. The van der Waals surface area contributed by atoms with Gasteiger partial charge in [-0.2, -0.15) is 0 Å². The molecule has 100 valence electrons. The molecule has 0 saturated carbocycles. The molecule has 0 radical (unpaired) electrons. The van der Waals surface area contributed by atoms with Crippen LogP contribution in [0.4, 0.5) is 0 Å². The van der Waals surface area contributed by atoms with Crippen molar-refractivity contribution in [1.82, 2.24) is 0 Å². The predicted molar refractivity (Wildman–Crippen MR) is 65.9 cm³/mol. The molecule has 0 heterocycles. The number of hydrogen-bond donors (Lipinski definition) is 2. The summed E-state index contributed by atoms with van der Waals surface area (Å²) in [6, 6.07) is 0. The molecule has 2 atom stereocenters. The Morgan fingerprint density at radius 1 is 1.00 bits per heavy atom. The lowest BCUT2D eigenvalue weighted by atomic mass is 9.84. The van der Waals surface area contributed by atoms with Crippen LogP contribution in [0.15, 0.2) is 0 Å². The number of aliphatic carboxylic acids is 2. The van der Waals surface area contributed by atoms with Crippen LogP contribution in [0.3, 0.4) is 0 Å². The third-order valence-corrected chi connectivity index (χ3v) is 3.32. The Kier molecular flexibility index (Phi) is 8.46. The third-order valence-electron chi connectivity index (χ3n) is 3.32. The van der Waals surface area contributed by atoms with Crippen LogP contribution in [-0.2, 0) is 9.59 Å². The second-order valence-electron chi connectivity index (χ2n) is 4.51. The van der Waals surface area contributed by atoms with Gasteiger partial charge in [0.05, 0.1) is 5.92 Å². The molecule has 0 rings (SSSR count). The van der Waals surface area contributed by atoms with Crippen LogP contribution in [0.5, 0.6) is 0 Å². The summed E-state index contributed by atoms with van der Waals surface area (Å²) in [4.78, 5) is 21.3. The third kappa shape index (κ3) is 6.97. The van der Waals surface area contributed by atoms with Crippen LogP contribution in [0.1, 0.15) is 58.8 Å². The highest BCUT2D eigenvalue weighted by Gasteiger charge is 2.24. The highest BCUT2D eigenvalue weighted by molar-refractivity contribution is 5.70. The van der Waals surface area contributed by atoms with Gasteiger partial charge in [-0.15, -0.1) is 0 Å². The van der Waals surface area contributed by atoms with Gasteiger partial charge in [0, 0.05) is 6.42 Å². The maximum absolute atomic E-state index is 11.0. The van der Waals surface area contributed by atoms with Crippen molar-refractivity contribution in [3.63, 3.8) is 0 Å². The van der Waals surface area contributed by atoms with E-state index in [-0.39, 0.29) is 18.3 Å². The van der Waals surface area contributed by atoms with E-state index in [4.69, 9.17) is 10.2 Å². The lowest BCUT2D eigenvalue weighted by Crippen LogP contribution is -2.22.